The second-order valence-corrected chi connectivity index (χ2v) is 5.16. The van der Waals surface area contributed by atoms with Crippen molar-refractivity contribution in [3.05, 3.63) is 34.6 Å². The minimum Gasteiger partial charge on any atom is -0.480 e. The van der Waals surface area contributed by atoms with E-state index < -0.39 is 23.7 Å². The van der Waals surface area contributed by atoms with Crippen LogP contribution in [0.1, 0.15) is 10.4 Å². The molecule has 0 spiro atoms. The van der Waals surface area contributed by atoms with Crippen LogP contribution < -0.4 is 0 Å². The highest BCUT2D eigenvalue weighted by Crippen LogP contribution is 2.24. The molecule has 0 radical (unpaired) electrons. The molecule has 1 aromatic rings. The van der Waals surface area contributed by atoms with E-state index in [-0.39, 0.29) is 10.6 Å². The molecular weight excluding hydrogens is 281 g/mol. The number of nitrogens with zero attached hydrogens (tertiary/aromatic N) is 1. The normalized spacial score (nSPS) is 19.0. The highest BCUT2D eigenvalue weighted by atomic mass is 35.5. The van der Waals surface area contributed by atoms with E-state index in [9.17, 15) is 14.0 Å². The first-order chi connectivity index (χ1) is 8.50. The Morgan fingerprint density at radius 3 is 2.83 bits per heavy atom. The summed E-state index contributed by atoms with van der Waals surface area (Å²) < 4.78 is 13.3. The molecule has 1 saturated heterocycles. The first-order valence-electron chi connectivity index (χ1n) is 5.07. The van der Waals surface area contributed by atoms with Crippen molar-refractivity contribution in [1.82, 2.24) is 4.90 Å². The van der Waals surface area contributed by atoms with Crippen LogP contribution in [0.25, 0.3) is 0 Å². The highest BCUT2D eigenvalue weighted by molar-refractivity contribution is 7.99. The second-order valence-electron chi connectivity index (χ2n) is 3.76. The van der Waals surface area contributed by atoms with Gasteiger partial charge in [-0.2, -0.15) is 0 Å². The van der Waals surface area contributed by atoms with Crippen molar-refractivity contribution < 1.29 is 19.1 Å². The molecule has 1 aliphatic heterocycles. The topological polar surface area (TPSA) is 57.6 Å². The fourth-order valence-corrected chi connectivity index (χ4v) is 2.91. The number of benzene rings is 1. The van der Waals surface area contributed by atoms with Crippen molar-refractivity contribution in [2.75, 3.05) is 11.6 Å². The number of carboxylic acids is 1. The largest absolute Gasteiger partial charge is 0.480 e. The van der Waals surface area contributed by atoms with Gasteiger partial charge in [-0.15, -0.1) is 11.8 Å². The number of amides is 1. The van der Waals surface area contributed by atoms with Crippen LogP contribution in [0.2, 0.25) is 5.02 Å². The van der Waals surface area contributed by atoms with Gasteiger partial charge < -0.3 is 10.0 Å². The summed E-state index contributed by atoms with van der Waals surface area (Å²) in [6, 6.07) is 2.83. The van der Waals surface area contributed by atoms with Crippen molar-refractivity contribution in [2.45, 2.75) is 6.04 Å². The second kappa shape index (κ2) is 5.16. The molecule has 0 aromatic heterocycles. The van der Waals surface area contributed by atoms with Gasteiger partial charge in [0.15, 0.2) is 0 Å². The SMILES string of the molecule is O=C(O)[C@@H]1CSCN1C(=O)c1ccc(Cl)c(F)c1. The third-order valence-electron chi connectivity index (χ3n) is 2.59. The summed E-state index contributed by atoms with van der Waals surface area (Å²) in [4.78, 5) is 24.2. The molecule has 1 atom stereocenters. The predicted octanol–water partition coefficient (Wildman–Crippen LogP) is 2.08. The zero-order valence-electron chi connectivity index (χ0n) is 9.10. The van der Waals surface area contributed by atoms with E-state index in [2.05, 4.69) is 0 Å². The standard InChI is InChI=1S/C11H9ClFNO3S/c12-7-2-1-6(3-8(7)13)10(15)14-5-18-4-9(14)11(16)17/h1-3,9H,4-5H2,(H,16,17)/t9-/m0/s1. The highest BCUT2D eigenvalue weighted by Gasteiger charge is 2.35. The van der Waals surface area contributed by atoms with Gasteiger partial charge in [0.05, 0.1) is 10.9 Å². The molecular formula is C11H9ClFNO3S. The van der Waals surface area contributed by atoms with Gasteiger partial charge in [0.25, 0.3) is 5.91 Å². The molecule has 0 saturated carbocycles. The molecule has 1 heterocycles. The lowest BCUT2D eigenvalue weighted by molar-refractivity contribution is -0.140. The quantitative estimate of drug-likeness (QED) is 0.905. The number of carbonyl (C=O) groups is 2. The predicted molar refractivity (Wildman–Crippen MR) is 66.3 cm³/mol. The third kappa shape index (κ3) is 2.44. The summed E-state index contributed by atoms with van der Waals surface area (Å²) >= 11 is 6.88. The zero-order valence-corrected chi connectivity index (χ0v) is 10.7. The molecule has 1 fully saturated rings. The Kier molecular flexibility index (Phi) is 3.77. The Labute approximate surface area is 112 Å². The molecule has 1 N–H and O–H groups in total. The maximum atomic E-state index is 13.3. The van der Waals surface area contributed by atoms with E-state index >= 15 is 0 Å². The maximum Gasteiger partial charge on any atom is 0.327 e. The van der Waals surface area contributed by atoms with E-state index in [1.54, 1.807) is 0 Å². The zero-order chi connectivity index (χ0) is 13.3. The van der Waals surface area contributed by atoms with E-state index in [0.29, 0.717) is 11.6 Å². The van der Waals surface area contributed by atoms with Crippen LogP contribution in [0.4, 0.5) is 4.39 Å². The molecule has 1 aromatic carbocycles. The molecule has 7 heteroatoms. The lowest BCUT2D eigenvalue weighted by atomic mass is 10.1. The minimum atomic E-state index is -1.05. The van der Waals surface area contributed by atoms with Crippen LogP contribution in [-0.4, -0.2) is 39.6 Å². The van der Waals surface area contributed by atoms with Crippen molar-refractivity contribution in [1.29, 1.82) is 0 Å². The number of hydrogen-bond acceptors (Lipinski definition) is 3. The van der Waals surface area contributed by atoms with Crippen molar-refractivity contribution in [3.8, 4) is 0 Å². The van der Waals surface area contributed by atoms with E-state index in [1.165, 1.54) is 28.8 Å². The molecule has 96 valence electrons. The van der Waals surface area contributed by atoms with Gasteiger partial charge in [-0.1, -0.05) is 11.6 Å². The molecule has 18 heavy (non-hydrogen) atoms. The number of thioether (sulfide) groups is 1. The Bertz CT molecular complexity index is 511. The molecule has 4 nitrogen and oxygen atoms in total. The number of carbonyl (C=O) groups excluding carboxylic acids is 1. The van der Waals surface area contributed by atoms with Gasteiger partial charge >= 0.3 is 5.97 Å². The van der Waals surface area contributed by atoms with Crippen LogP contribution in [0.15, 0.2) is 18.2 Å². The van der Waals surface area contributed by atoms with Crippen LogP contribution in [0, 0.1) is 5.82 Å². The van der Waals surface area contributed by atoms with Crippen LogP contribution in [0.5, 0.6) is 0 Å². The van der Waals surface area contributed by atoms with E-state index in [4.69, 9.17) is 16.7 Å². The number of carboxylic acid groups (broad SMARTS) is 1. The lowest BCUT2D eigenvalue weighted by Gasteiger charge is -2.20. The van der Waals surface area contributed by atoms with Gasteiger partial charge in [0.1, 0.15) is 11.9 Å². The smallest absolute Gasteiger partial charge is 0.327 e. The first-order valence-corrected chi connectivity index (χ1v) is 6.60. The fourth-order valence-electron chi connectivity index (χ4n) is 1.64. The summed E-state index contributed by atoms with van der Waals surface area (Å²) in [7, 11) is 0. The average molecular weight is 290 g/mol. The van der Waals surface area contributed by atoms with Gasteiger partial charge in [-0.25, -0.2) is 9.18 Å². The van der Waals surface area contributed by atoms with Crippen LogP contribution in [-0.2, 0) is 4.79 Å². The van der Waals surface area contributed by atoms with Crippen molar-refractivity contribution in [3.63, 3.8) is 0 Å². The Balaban J connectivity index is 2.25. The maximum absolute atomic E-state index is 13.3. The summed E-state index contributed by atoms with van der Waals surface area (Å²) in [6.45, 7) is 0. The van der Waals surface area contributed by atoms with Gasteiger partial charge in [-0.05, 0) is 18.2 Å². The number of hydrogen-bond donors (Lipinski definition) is 1. The van der Waals surface area contributed by atoms with Gasteiger partial charge in [0, 0.05) is 11.3 Å². The third-order valence-corrected chi connectivity index (χ3v) is 3.91. The summed E-state index contributed by atoms with van der Waals surface area (Å²) in [5, 5.41) is 8.90. The van der Waals surface area contributed by atoms with Crippen LogP contribution >= 0.6 is 23.4 Å². The molecule has 0 aliphatic carbocycles. The molecule has 1 aliphatic rings. The molecule has 1 amide bonds. The van der Waals surface area contributed by atoms with Crippen LogP contribution in [0.3, 0.4) is 0 Å². The molecule has 0 unspecified atom stereocenters. The lowest BCUT2D eigenvalue weighted by Crippen LogP contribution is -2.41. The number of rotatable bonds is 2. The fraction of sp³-hybridized carbons (Fsp3) is 0.273. The Morgan fingerprint density at radius 2 is 2.22 bits per heavy atom. The number of halogens is 2. The minimum absolute atomic E-state index is 0.0721. The Hall–Kier alpha value is -1.27. The van der Waals surface area contributed by atoms with E-state index in [0.717, 1.165) is 6.07 Å². The van der Waals surface area contributed by atoms with Gasteiger partial charge in [0.2, 0.25) is 0 Å². The summed E-state index contributed by atoms with van der Waals surface area (Å²) in [5.41, 5.74) is 0.102. The first kappa shape index (κ1) is 13.2. The van der Waals surface area contributed by atoms with Gasteiger partial charge in [-0.3, -0.25) is 4.79 Å². The Morgan fingerprint density at radius 1 is 1.50 bits per heavy atom. The number of aliphatic carboxylic acids is 1. The van der Waals surface area contributed by atoms with Crippen molar-refractivity contribution in [2.24, 2.45) is 0 Å². The monoisotopic (exact) mass is 289 g/mol. The summed E-state index contributed by atoms with van der Waals surface area (Å²) in [5.74, 6) is -1.61. The summed E-state index contributed by atoms with van der Waals surface area (Å²) in [6.07, 6.45) is 0. The average Bonchev–Trinajstić information content (AvgIpc) is 2.81. The van der Waals surface area contributed by atoms with Crippen molar-refractivity contribution >= 4 is 35.2 Å². The molecule has 0 bridgehead atoms. The van der Waals surface area contributed by atoms with E-state index in [1.807, 2.05) is 0 Å². The molecule has 2 rings (SSSR count).